The summed E-state index contributed by atoms with van der Waals surface area (Å²) in [5.41, 5.74) is 7.13. The van der Waals surface area contributed by atoms with Gasteiger partial charge in [-0.2, -0.15) is 0 Å². The van der Waals surface area contributed by atoms with Gasteiger partial charge in [-0.15, -0.1) is 0 Å². The third-order valence-corrected chi connectivity index (χ3v) is 3.73. The first-order valence-electron chi connectivity index (χ1n) is 7.20. The quantitative estimate of drug-likeness (QED) is 0.691. The molecule has 0 amide bonds. The van der Waals surface area contributed by atoms with Crippen LogP contribution < -0.4 is 5.73 Å². The Bertz CT molecular complexity index is 180. The number of hydrogen-bond donors (Lipinski definition) is 1. The summed E-state index contributed by atoms with van der Waals surface area (Å²) < 4.78 is 0. The van der Waals surface area contributed by atoms with Crippen molar-refractivity contribution in [1.29, 1.82) is 0 Å². The van der Waals surface area contributed by atoms with Crippen molar-refractivity contribution >= 4 is 0 Å². The fourth-order valence-corrected chi connectivity index (χ4v) is 3.20. The van der Waals surface area contributed by atoms with E-state index in [4.69, 9.17) is 5.73 Å². The molecule has 0 heterocycles. The molecule has 0 bridgehead atoms. The Balaban J connectivity index is 2.51. The maximum Gasteiger partial charge on any atom is 0.0159 e. The minimum absolute atomic E-state index is 0.121. The van der Waals surface area contributed by atoms with Gasteiger partial charge in [0.1, 0.15) is 0 Å². The molecule has 1 saturated carbocycles. The topological polar surface area (TPSA) is 26.0 Å². The lowest BCUT2D eigenvalue weighted by molar-refractivity contribution is 0.216. The molecule has 0 aliphatic heterocycles. The van der Waals surface area contributed by atoms with Gasteiger partial charge in [0.05, 0.1) is 0 Å². The van der Waals surface area contributed by atoms with Crippen molar-refractivity contribution in [3.63, 3.8) is 0 Å². The van der Waals surface area contributed by atoms with E-state index in [-0.39, 0.29) is 5.54 Å². The van der Waals surface area contributed by atoms with Gasteiger partial charge in [-0.25, -0.2) is 0 Å². The number of hydrogen-bond acceptors (Lipinski definition) is 1. The van der Waals surface area contributed by atoms with E-state index in [9.17, 15) is 0 Å². The highest BCUT2D eigenvalue weighted by atomic mass is 14.7. The number of rotatable bonds is 1. The van der Waals surface area contributed by atoms with Gasteiger partial charge in [0.2, 0.25) is 0 Å². The second kappa shape index (κ2) is 6.05. The highest BCUT2D eigenvalue weighted by molar-refractivity contribution is 4.88. The van der Waals surface area contributed by atoms with Crippen LogP contribution >= 0.6 is 0 Å². The fraction of sp³-hybridized carbons (Fsp3) is 1.00. The van der Waals surface area contributed by atoms with Gasteiger partial charge < -0.3 is 5.73 Å². The van der Waals surface area contributed by atoms with Gasteiger partial charge in [0, 0.05) is 5.54 Å². The molecule has 0 saturated heterocycles. The second-order valence-electron chi connectivity index (χ2n) is 7.07. The van der Waals surface area contributed by atoms with E-state index in [1.165, 1.54) is 64.2 Å². The molecule has 16 heavy (non-hydrogen) atoms. The van der Waals surface area contributed by atoms with E-state index in [1.807, 2.05) is 0 Å². The average Bonchev–Trinajstić information content (AvgIpc) is 2.13. The molecular weight excluding hydrogens is 194 g/mol. The first kappa shape index (κ1) is 14.0. The van der Waals surface area contributed by atoms with E-state index in [2.05, 4.69) is 20.8 Å². The van der Waals surface area contributed by atoms with Crippen molar-refractivity contribution in [3.8, 4) is 0 Å². The first-order chi connectivity index (χ1) is 7.41. The fourth-order valence-electron chi connectivity index (χ4n) is 3.20. The summed E-state index contributed by atoms with van der Waals surface area (Å²) in [6.07, 6.45) is 13.4. The van der Waals surface area contributed by atoms with Gasteiger partial charge in [-0.1, -0.05) is 65.7 Å². The predicted octanol–water partition coefficient (Wildman–Crippen LogP) is 4.64. The molecule has 2 N–H and O–H groups in total. The third kappa shape index (κ3) is 5.89. The molecule has 0 spiro atoms. The van der Waals surface area contributed by atoms with Crippen molar-refractivity contribution in [2.45, 2.75) is 90.5 Å². The Labute approximate surface area is 102 Å². The average molecular weight is 225 g/mol. The van der Waals surface area contributed by atoms with Crippen LogP contribution in [-0.4, -0.2) is 5.54 Å². The van der Waals surface area contributed by atoms with Gasteiger partial charge in [0.25, 0.3) is 0 Å². The summed E-state index contributed by atoms with van der Waals surface area (Å²) in [5, 5.41) is 0. The molecule has 0 atom stereocenters. The molecule has 1 nitrogen and oxygen atoms in total. The zero-order chi connectivity index (χ0) is 12.1. The molecule has 1 fully saturated rings. The third-order valence-electron chi connectivity index (χ3n) is 3.73. The van der Waals surface area contributed by atoms with Gasteiger partial charge in [-0.05, 0) is 24.7 Å². The normalized spacial score (nSPS) is 24.0. The minimum Gasteiger partial charge on any atom is -0.325 e. The maximum atomic E-state index is 6.64. The Morgan fingerprint density at radius 2 is 1.19 bits per heavy atom. The maximum absolute atomic E-state index is 6.64. The van der Waals surface area contributed by atoms with Gasteiger partial charge in [0.15, 0.2) is 0 Å². The Morgan fingerprint density at radius 1 is 0.812 bits per heavy atom. The van der Waals surface area contributed by atoms with Crippen LogP contribution in [0.3, 0.4) is 0 Å². The van der Waals surface area contributed by atoms with Crippen LogP contribution in [0, 0.1) is 5.41 Å². The van der Waals surface area contributed by atoms with Crippen LogP contribution in [0.2, 0.25) is 0 Å². The molecule has 1 rings (SSSR count). The number of nitrogens with two attached hydrogens (primary N) is 1. The molecule has 1 aliphatic rings. The molecule has 0 unspecified atom stereocenters. The highest BCUT2D eigenvalue weighted by Gasteiger charge is 2.29. The zero-order valence-electron chi connectivity index (χ0n) is 11.6. The first-order valence-corrected chi connectivity index (χ1v) is 7.20. The summed E-state index contributed by atoms with van der Waals surface area (Å²) in [7, 11) is 0. The Morgan fingerprint density at radius 3 is 1.56 bits per heavy atom. The van der Waals surface area contributed by atoms with Crippen LogP contribution in [0.1, 0.15) is 85.0 Å². The van der Waals surface area contributed by atoms with E-state index >= 15 is 0 Å². The van der Waals surface area contributed by atoms with Gasteiger partial charge in [-0.3, -0.25) is 0 Å². The molecule has 0 aromatic carbocycles. The summed E-state index contributed by atoms with van der Waals surface area (Å²) in [6, 6.07) is 0. The van der Waals surface area contributed by atoms with Crippen molar-refractivity contribution in [2.75, 3.05) is 0 Å². The van der Waals surface area contributed by atoms with E-state index < -0.39 is 0 Å². The van der Waals surface area contributed by atoms with Crippen LogP contribution in [-0.2, 0) is 0 Å². The summed E-state index contributed by atoms with van der Waals surface area (Å²) in [4.78, 5) is 0. The molecule has 0 aromatic rings. The second-order valence-corrected chi connectivity index (χ2v) is 7.07. The van der Waals surface area contributed by atoms with Crippen LogP contribution in [0.4, 0.5) is 0 Å². The monoisotopic (exact) mass is 225 g/mol. The largest absolute Gasteiger partial charge is 0.325 e. The predicted molar refractivity (Wildman–Crippen MR) is 72.5 cm³/mol. The highest BCUT2D eigenvalue weighted by Crippen LogP contribution is 2.33. The van der Waals surface area contributed by atoms with Gasteiger partial charge >= 0.3 is 0 Å². The zero-order valence-corrected chi connectivity index (χ0v) is 11.6. The smallest absolute Gasteiger partial charge is 0.0159 e. The molecule has 96 valence electrons. The summed E-state index contributed by atoms with van der Waals surface area (Å²) >= 11 is 0. The SMILES string of the molecule is CC(C)(C)CC1(N)CCCCCCCCC1. The van der Waals surface area contributed by atoms with Crippen molar-refractivity contribution in [3.05, 3.63) is 0 Å². The molecule has 1 heteroatoms. The minimum atomic E-state index is 0.121. The standard InChI is InChI=1S/C15H31N/c1-14(2,3)13-15(16)11-9-7-5-4-6-8-10-12-15/h4-13,16H2,1-3H3. The Hall–Kier alpha value is -0.0400. The van der Waals surface area contributed by atoms with Crippen molar-refractivity contribution < 1.29 is 0 Å². The summed E-state index contributed by atoms with van der Waals surface area (Å²) in [5.74, 6) is 0. The van der Waals surface area contributed by atoms with Crippen LogP contribution in [0.25, 0.3) is 0 Å². The molecule has 0 radical (unpaired) electrons. The van der Waals surface area contributed by atoms with E-state index in [1.54, 1.807) is 0 Å². The lowest BCUT2D eigenvalue weighted by Gasteiger charge is -2.36. The Kier molecular flexibility index (Phi) is 5.30. The van der Waals surface area contributed by atoms with Crippen LogP contribution in [0.5, 0.6) is 0 Å². The molecule has 1 aliphatic carbocycles. The van der Waals surface area contributed by atoms with E-state index in [0.717, 1.165) is 0 Å². The molecule has 0 aromatic heterocycles. The lowest BCUT2D eigenvalue weighted by atomic mass is 9.74. The lowest BCUT2D eigenvalue weighted by Crippen LogP contribution is -2.43. The molecular formula is C15H31N. The van der Waals surface area contributed by atoms with Crippen molar-refractivity contribution in [2.24, 2.45) is 11.1 Å². The van der Waals surface area contributed by atoms with E-state index in [0.29, 0.717) is 5.41 Å². The van der Waals surface area contributed by atoms with Crippen molar-refractivity contribution in [1.82, 2.24) is 0 Å². The summed E-state index contributed by atoms with van der Waals surface area (Å²) in [6.45, 7) is 6.96. The van der Waals surface area contributed by atoms with Crippen LogP contribution in [0.15, 0.2) is 0 Å².